The molecule has 2 aliphatic rings. The topological polar surface area (TPSA) is 46.9 Å². The molecule has 174 valence electrons. The predicted octanol–water partition coefficient (Wildman–Crippen LogP) is 5.31. The van der Waals surface area contributed by atoms with Gasteiger partial charge in [0, 0.05) is 43.9 Å². The minimum Gasteiger partial charge on any atom is -0.311 e. The molecule has 1 amide bonds. The summed E-state index contributed by atoms with van der Waals surface area (Å²) in [7, 11) is 1.47. The summed E-state index contributed by atoms with van der Waals surface area (Å²) in [5.74, 6) is -14.4. The number of carbonyl (C=O) groups is 1. The third kappa shape index (κ3) is 3.75. The van der Waals surface area contributed by atoms with Crippen molar-refractivity contribution < 1.29 is 35.5 Å². The van der Waals surface area contributed by atoms with Crippen LogP contribution in [0.25, 0.3) is 0 Å². The summed E-state index contributed by atoms with van der Waals surface area (Å²) in [6.07, 6.45) is 0.228. The van der Waals surface area contributed by atoms with E-state index in [2.05, 4.69) is 10.4 Å². The van der Waals surface area contributed by atoms with Crippen LogP contribution in [0, 0.1) is 23.4 Å². The fourth-order valence-electron chi connectivity index (χ4n) is 4.27. The van der Waals surface area contributed by atoms with Gasteiger partial charge in [0.05, 0.1) is 5.69 Å². The first kappa shape index (κ1) is 22.6. The SMILES string of the molecule is Cn1nc(Cc2cc(F)cc(F)c2F)c(C2CCC2)c1NC(=O)C[C@@H]1CC(F)(F)C1(F)F. The van der Waals surface area contributed by atoms with Gasteiger partial charge in [-0.15, -0.1) is 0 Å². The highest BCUT2D eigenvalue weighted by Crippen LogP contribution is 2.56. The molecular weight excluding hydrogens is 443 g/mol. The molecule has 2 fully saturated rings. The Morgan fingerprint density at radius 2 is 1.88 bits per heavy atom. The lowest BCUT2D eigenvalue weighted by Crippen LogP contribution is -2.59. The minimum absolute atomic E-state index is 0.0649. The number of rotatable bonds is 6. The molecule has 2 aliphatic carbocycles. The lowest BCUT2D eigenvalue weighted by Gasteiger charge is -2.43. The van der Waals surface area contributed by atoms with Crippen LogP contribution in [0.2, 0.25) is 0 Å². The van der Waals surface area contributed by atoms with Crippen molar-refractivity contribution in [3.05, 3.63) is 46.4 Å². The lowest BCUT2D eigenvalue weighted by atomic mass is 9.74. The van der Waals surface area contributed by atoms with Crippen LogP contribution in [0.3, 0.4) is 0 Å². The standard InChI is InChI=1S/C21H20F7N3O/c1-31-19(29-16(32)7-12-9-20(25,26)21(12,27)28)17(10-3-2-4-10)15(30-31)6-11-5-13(22)8-14(23)18(11)24/h5,8,10,12H,2-4,6-7,9H2,1H3,(H,29,32)/t12-/m1/s1. The molecule has 1 atom stereocenters. The molecule has 0 bridgehead atoms. The summed E-state index contributed by atoms with van der Waals surface area (Å²) in [4.78, 5) is 12.4. The summed E-state index contributed by atoms with van der Waals surface area (Å²) < 4.78 is 95.8. The van der Waals surface area contributed by atoms with Gasteiger partial charge in [0.15, 0.2) is 11.6 Å². The second-order valence-corrected chi connectivity index (χ2v) is 8.48. The number of nitrogens with zero attached hydrogens (tertiary/aromatic N) is 2. The smallest absolute Gasteiger partial charge is 0.311 e. The molecule has 4 nitrogen and oxygen atoms in total. The first-order chi connectivity index (χ1) is 14.9. The first-order valence-corrected chi connectivity index (χ1v) is 10.2. The van der Waals surface area contributed by atoms with Gasteiger partial charge in [-0.25, -0.2) is 13.2 Å². The van der Waals surface area contributed by atoms with Crippen molar-refractivity contribution in [3.63, 3.8) is 0 Å². The van der Waals surface area contributed by atoms with E-state index < -0.39 is 54.0 Å². The van der Waals surface area contributed by atoms with E-state index in [1.54, 1.807) is 0 Å². The van der Waals surface area contributed by atoms with Gasteiger partial charge in [-0.1, -0.05) is 6.42 Å². The third-order valence-electron chi connectivity index (χ3n) is 6.29. The maximum atomic E-state index is 14.2. The molecule has 0 saturated heterocycles. The maximum absolute atomic E-state index is 14.2. The van der Waals surface area contributed by atoms with Crippen LogP contribution in [0.15, 0.2) is 12.1 Å². The molecule has 4 rings (SSSR count). The Hall–Kier alpha value is -2.59. The van der Waals surface area contributed by atoms with Gasteiger partial charge >= 0.3 is 11.8 Å². The van der Waals surface area contributed by atoms with Crippen molar-refractivity contribution in [2.75, 3.05) is 5.32 Å². The Kier molecular flexibility index (Phi) is 5.49. The fraction of sp³-hybridized carbons (Fsp3) is 0.524. The molecule has 0 radical (unpaired) electrons. The zero-order chi connectivity index (χ0) is 23.4. The number of anilines is 1. The molecular formula is C21H20F7N3O. The van der Waals surface area contributed by atoms with Crippen molar-refractivity contribution in [2.24, 2.45) is 13.0 Å². The van der Waals surface area contributed by atoms with E-state index in [9.17, 15) is 35.5 Å². The number of aromatic nitrogens is 2. The van der Waals surface area contributed by atoms with Crippen LogP contribution in [0.1, 0.15) is 54.8 Å². The lowest BCUT2D eigenvalue weighted by molar-refractivity contribution is -0.313. The van der Waals surface area contributed by atoms with Crippen LogP contribution >= 0.6 is 0 Å². The summed E-state index contributed by atoms with van der Waals surface area (Å²) in [5, 5.41) is 6.73. The average molecular weight is 463 g/mol. The van der Waals surface area contributed by atoms with E-state index in [0.717, 1.165) is 25.3 Å². The number of halogens is 7. The molecule has 1 aromatic carbocycles. The number of hydrogen-bond donors (Lipinski definition) is 1. The monoisotopic (exact) mass is 463 g/mol. The summed E-state index contributed by atoms with van der Waals surface area (Å²) in [5.41, 5.74) is 0.564. The van der Waals surface area contributed by atoms with Gasteiger partial charge in [0.25, 0.3) is 0 Å². The van der Waals surface area contributed by atoms with Gasteiger partial charge in [0.2, 0.25) is 5.91 Å². The van der Waals surface area contributed by atoms with Gasteiger partial charge < -0.3 is 5.32 Å². The number of carbonyl (C=O) groups excluding carboxylic acids is 1. The Morgan fingerprint density at radius 3 is 2.44 bits per heavy atom. The second kappa shape index (κ2) is 7.77. The van der Waals surface area contributed by atoms with E-state index in [0.29, 0.717) is 11.6 Å². The van der Waals surface area contributed by atoms with Crippen LogP contribution < -0.4 is 5.32 Å². The van der Waals surface area contributed by atoms with E-state index in [1.165, 1.54) is 11.7 Å². The van der Waals surface area contributed by atoms with Crippen LogP contribution in [-0.4, -0.2) is 27.5 Å². The summed E-state index contributed by atoms with van der Waals surface area (Å²) in [6.45, 7) is 0. The van der Waals surface area contributed by atoms with E-state index in [4.69, 9.17) is 0 Å². The number of benzene rings is 1. The first-order valence-electron chi connectivity index (χ1n) is 10.2. The van der Waals surface area contributed by atoms with Crippen LogP contribution in [0.5, 0.6) is 0 Å². The van der Waals surface area contributed by atoms with Crippen molar-refractivity contribution >= 4 is 11.7 Å². The van der Waals surface area contributed by atoms with Gasteiger partial charge in [-0.3, -0.25) is 9.48 Å². The molecule has 0 aliphatic heterocycles. The van der Waals surface area contributed by atoms with Crippen LogP contribution in [-0.2, 0) is 18.3 Å². The number of hydrogen-bond acceptors (Lipinski definition) is 2. The zero-order valence-electron chi connectivity index (χ0n) is 17.0. The second-order valence-electron chi connectivity index (χ2n) is 8.48. The van der Waals surface area contributed by atoms with Crippen molar-refractivity contribution in [3.8, 4) is 0 Å². The quantitative estimate of drug-likeness (QED) is 0.466. The molecule has 32 heavy (non-hydrogen) atoms. The number of nitrogens with one attached hydrogen (secondary N) is 1. The highest BCUT2D eigenvalue weighted by Gasteiger charge is 2.71. The van der Waals surface area contributed by atoms with Crippen molar-refractivity contribution in [1.82, 2.24) is 9.78 Å². The van der Waals surface area contributed by atoms with Crippen molar-refractivity contribution in [2.45, 2.75) is 56.3 Å². The van der Waals surface area contributed by atoms with E-state index in [1.807, 2.05) is 0 Å². The molecule has 2 saturated carbocycles. The maximum Gasteiger partial charge on any atom is 0.313 e. The van der Waals surface area contributed by atoms with Gasteiger partial charge in [-0.2, -0.15) is 22.7 Å². The van der Waals surface area contributed by atoms with E-state index in [-0.39, 0.29) is 29.4 Å². The van der Waals surface area contributed by atoms with Crippen molar-refractivity contribution in [1.29, 1.82) is 0 Å². The largest absolute Gasteiger partial charge is 0.313 e. The molecule has 2 aromatic rings. The Balaban J connectivity index is 1.58. The molecule has 1 N–H and O–H groups in total. The average Bonchev–Trinajstić information content (AvgIpc) is 2.92. The number of amides is 1. The fourth-order valence-corrected chi connectivity index (χ4v) is 4.27. The normalized spacial score (nSPS) is 21.7. The van der Waals surface area contributed by atoms with Gasteiger partial charge in [-0.05, 0) is 30.4 Å². The Labute approximate surface area is 178 Å². The number of aryl methyl sites for hydroxylation is 1. The molecule has 1 aromatic heterocycles. The molecule has 0 unspecified atom stereocenters. The minimum atomic E-state index is -4.25. The summed E-state index contributed by atoms with van der Waals surface area (Å²) in [6, 6.07) is 1.28. The highest BCUT2D eigenvalue weighted by atomic mass is 19.3. The van der Waals surface area contributed by atoms with Gasteiger partial charge in [0.1, 0.15) is 11.6 Å². The zero-order valence-corrected chi connectivity index (χ0v) is 17.0. The Morgan fingerprint density at radius 1 is 1.19 bits per heavy atom. The predicted molar refractivity (Wildman–Crippen MR) is 100 cm³/mol. The molecule has 1 heterocycles. The van der Waals surface area contributed by atoms with Crippen LogP contribution in [0.4, 0.5) is 36.6 Å². The highest BCUT2D eigenvalue weighted by molar-refractivity contribution is 5.91. The van der Waals surface area contributed by atoms with E-state index >= 15 is 0 Å². The Bertz CT molecular complexity index is 1060. The summed E-state index contributed by atoms with van der Waals surface area (Å²) >= 11 is 0. The number of alkyl halides is 4. The molecule has 11 heteroatoms. The third-order valence-corrected chi connectivity index (χ3v) is 6.29. The molecule has 0 spiro atoms.